The number of carbonyl (C=O) groups is 1. The van der Waals surface area contributed by atoms with Gasteiger partial charge in [-0.05, 0) is 38.4 Å². The number of rotatable bonds is 4. The highest BCUT2D eigenvalue weighted by molar-refractivity contribution is 6.75. The maximum Gasteiger partial charge on any atom is 0.298 e. The van der Waals surface area contributed by atoms with E-state index in [1.807, 2.05) is 13.8 Å². The molecule has 3 heteroatoms. The van der Waals surface area contributed by atoms with Crippen LogP contribution in [0.25, 0.3) is 0 Å². The van der Waals surface area contributed by atoms with Crippen molar-refractivity contribution < 1.29 is 9.22 Å². The molecular formula is C13H28O2Si. The van der Waals surface area contributed by atoms with Crippen molar-refractivity contribution in [2.75, 3.05) is 0 Å². The molecule has 0 spiro atoms. The highest BCUT2D eigenvalue weighted by Gasteiger charge is 2.43. The minimum absolute atomic E-state index is 0.0269. The van der Waals surface area contributed by atoms with E-state index in [-0.39, 0.29) is 16.4 Å². The van der Waals surface area contributed by atoms with Crippen LogP contribution < -0.4 is 0 Å². The normalized spacial score (nSPS) is 13.8. The van der Waals surface area contributed by atoms with Crippen molar-refractivity contribution in [1.29, 1.82) is 0 Å². The van der Waals surface area contributed by atoms with Crippen LogP contribution in [0.5, 0.6) is 0 Å². The lowest BCUT2D eigenvalue weighted by Crippen LogP contribution is -2.45. The van der Waals surface area contributed by atoms with Crippen molar-refractivity contribution in [3.05, 3.63) is 0 Å². The van der Waals surface area contributed by atoms with Gasteiger partial charge in [0.2, 0.25) is 0 Å². The van der Waals surface area contributed by atoms with Gasteiger partial charge in [-0.2, -0.15) is 0 Å². The molecule has 0 N–H and O–H groups in total. The largest absolute Gasteiger partial charge is 0.519 e. The summed E-state index contributed by atoms with van der Waals surface area (Å²) in [5.74, 6) is -0.0269. The Kier molecular flexibility index (Phi) is 4.81. The zero-order chi connectivity index (χ0) is 13.2. The zero-order valence-corrected chi connectivity index (χ0v) is 13.2. The first-order chi connectivity index (χ1) is 6.94. The summed E-state index contributed by atoms with van der Waals surface area (Å²) < 4.78 is 5.82. The van der Waals surface area contributed by atoms with Gasteiger partial charge >= 0.3 is 0 Å². The summed E-state index contributed by atoms with van der Waals surface area (Å²) >= 11 is 0. The highest BCUT2D eigenvalue weighted by Crippen LogP contribution is 2.38. The minimum atomic E-state index is -1.96. The lowest BCUT2D eigenvalue weighted by atomic mass is 9.88. The minimum Gasteiger partial charge on any atom is -0.519 e. The molecule has 0 saturated carbocycles. The van der Waals surface area contributed by atoms with Gasteiger partial charge in [0.25, 0.3) is 14.3 Å². The van der Waals surface area contributed by atoms with Gasteiger partial charge in [0.1, 0.15) is 0 Å². The fourth-order valence-electron chi connectivity index (χ4n) is 1.25. The summed E-state index contributed by atoms with van der Waals surface area (Å²) in [5.41, 5.74) is -0.343. The first-order valence-corrected chi connectivity index (χ1v) is 9.08. The molecule has 16 heavy (non-hydrogen) atoms. The Bertz CT molecular complexity index is 249. The molecule has 0 bridgehead atoms. The molecule has 0 aliphatic rings. The second kappa shape index (κ2) is 4.90. The second-order valence-corrected chi connectivity index (χ2v) is 11.5. The monoisotopic (exact) mass is 244 g/mol. The zero-order valence-electron chi connectivity index (χ0n) is 12.2. The van der Waals surface area contributed by atoms with Crippen LogP contribution in [0.4, 0.5) is 0 Å². The van der Waals surface area contributed by atoms with E-state index in [0.717, 1.165) is 12.8 Å². The van der Waals surface area contributed by atoms with E-state index in [9.17, 15) is 4.79 Å². The Balaban J connectivity index is 4.69. The van der Waals surface area contributed by atoms with Crippen molar-refractivity contribution >= 4 is 14.3 Å². The first-order valence-electron chi connectivity index (χ1n) is 6.17. The summed E-state index contributed by atoms with van der Waals surface area (Å²) in [7, 11) is -1.96. The molecule has 0 saturated heterocycles. The first kappa shape index (κ1) is 15.7. The summed E-state index contributed by atoms with van der Waals surface area (Å²) in [6.45, 7) is 16.7. The standard InChI is InChI=1S/C13H28O2Si/c1-9-10-13(5,6)11(14)15-16(7,8)12(2,3)4/h9-10H2,1-8H3. The van der Waals surface area contributed by atoms with E-state index in [1.165, 1.54) is 0 Å². The Morgan fingerprint density at radius 2 is 1.56 bits per heavy atom. The van der Waals surface area contributed by atoms with Crippen LogP contribution in [-0.4, -0.2) is 14.3 Å². The molecule has 0 fully saturated rings. The SMILES string of the molecule is CCCC(C)(C)C(=O)O[Si](C)(C)C(C)(C)C. The van der Waals surface area contributed by atoms with Crippen molar-refractivity contribution in [3.8, 4) is 0 Å². The molecule has 0 unspecified atom stereocenters. The third kappa shape index (κ3) is 3.93. The Hall–Kier alpha value is -0.313. The van der Waals surface area contributed by atoms with Crippen molar-refractivity contribution in [1.82, 2.24) is 0 Å². The Morgan fingerprint density at radius 3 is 1.88 bits per heavy atom. The molecule has 0 aliphatic carbocycles. The van der Waals surface area contributed by atoms with Gasteiger partial charge in [0.15, 0.2) is 0 Å². The van der Waals surface area contributed by atoms with Gasteiger partial charge in [0, 0.05) is 0 Å². The van der Waals surface area contributed by atoms with Crippen LogP contribution in [0.3, 0.4) is 0 Å². The maximum atomic E-state index is 12.1. The van der Waals surface area contributed by atoms with Crippen LogP contribution >= 0.6 is 0 Å². The fraction of sp³-hybridized carbons (Fsp3) is 0.923. The van der Waals surface area contributed by atoms with Crippen LogP contribution in [0.2, 0.25) is 18.1 Å². The molecule has 0 radical (unpaired) electrons. The third-order valence-corrected chi connectivity index (χ3v) is 7.89. The summed E-state index contributed by atoms with van der Waals surface area (Å²) in [4.78, 5) is 12.1. The summed E-state index contributed by atoms with van der Waals surface area (Å²) in [6, 6.07) is 0. The fourth-order valence-corrected chi connectivity index (χ4v) is 2.30. The van der Waals surface area contributed by atoms with Gasteiger partial charge in [-0.15, -0.1) is 0 Å². The van der Waals surface area contributed by atoms with Crippen molar-refractivity contribution in [3.63, 3.8) is 0 Å². The predicted octanol–water partition coefficient (Wildman–Crippen LogP) is 4.36. The van der Waals surface area contributed by atoms with Crippen molar-refractivity contribution in [2.45, 2.75) is 72.5 Å². The second-order valence-electron chi connectivity index (χ2n) is 6.78. The van der Waals surface area contributed by atoms with E-state index in [2.05, 4.69) is 40.8 Å². The lowest BCUT2D eigenvalue weighted by molar-refractivity contribution is -0.145. The average molecular weight is 244 g/mol. The lowest BCUT2D eigenvalue weighted by Gasteiger charge is -2.38. The molecule has 0 aromatic heterocycles. The Morgan fingerprint density at radius 1 is 1.12 bits per heavy atom. The van der Waals surface area contributed by atoms with Gasteiger partial charge in [0.05, 0.1) is 5.41 Å². The van der Waals surface area contributed by atoms with E-state index >= 15 is 0 Å². The molecular weight excluding hydrogens is 216 g/mol. The Labute approximate surface area is 102 Å². The quantitative estimate of drug-likeness (QED) is 0.687. The highest BCUT2D eigenvalue weighted by atomic mass is 28.4. The smallest absolute Gasteiger partial charge is 0.298 e. The van der Waals surface area contributed by atoms with E-state index in [1.54, 1.807) is 0 Å². The van der Waals surface area contributed by atoms with Crippen LogP contribution in [0, 0.1) is 5.41 Å². The molecule has 2 nitrogen and oxygen atoms in total. The van der Waals surface area contributed by atoms with E-state index in [0.29, 0.717) is 0 Å². The molecule has 0 aromatic carbocycles. The van der Waals surface area contributed by atoms with Crippen molar-refractivity contribution in [2.24, 2.45) is 5.41 Å². The maximum absolute atomic E-state index is 12.1. The number of carbonyl (C=O) groups excluding carboxylic acids is 1. The summed E-state index contributed by atoms with van der Waals surface area (Å²) in [5, 5.41) is 0.0882. The van der Waals surface area contributed by atoms with Crippen LogP contribution in [0.15, 0.2) is 0 Å². The molecule has 0 aliphatic heterocycles. The van der Waals surface area contributed by atoms with Gasteiger partial charge < -0.3 is 4.43 Å². The van der Waals surface area contributed by atoms with Gasteiger partial charge in [-0.1, -0.05) is 34.1 Å². The van der Waals surface area contributed by atoms with Gasteiger partial charge in [-0.25, -0.2) is 0 Å². The molecule has 0 rings (SSSR count). The molecule has 0 aromatic rings. The van der Waals surface area contributed by atoms with Gasteiger partial charge in [-0.3, -0.25) is 4.79 Å². The molecule has 0 amide bonds. The van der Waals surface area contributed by atoms with Crippen LogP contribution in [0.1, 0.15) is 54.4 Å². The third-order valence-electron chi connectivity index (χ3n) is 3.58. The predicted molar refractivity (Wildman–Crippen MR) is 72.0 cm³/mol. The van der Waals surface area contributed by atoms with E-state index < -0.39 is 8.32 Å². The summed E-state index contributed by atoms with van der Waals surface area (Å²) in [6.07, 6.45) is 1.90. The number of hydrogen-bond acceptors (Lipinski definition) is 2. The molecule has 0 atom stereocenters. The molecule has 0 heterocycles. The molecule has 96 valence electrons. The number of hydrogen-bond donors (Lipinski definition) is 0. The average Bonchev–Trinajstić information content (AvgIpc) is 2.00. The van der Waals surface area contributed by atoms with Crippen LogP contribution in [-0.2, 0) is 9.22 Å². The topological polar surface area (TPSA) is 26.3 Å². The van der Waals surface area contributed by atoms with E-state index in [4.69, 9.17) is 4.43 Å².